The normalized spacial score (nSPS) is 11.2. The fourth-order valence-electron chi connectivity index (χ4n) is 3.82. The Morgan fingerprint density at radius 3 is 2.53 bits per heavy atom. The summed E-state index contributed by atoms with van der Waals surface area (Å²) in [5.41, 5.74) is 6.15. The van der Waals surface area contributed by atoms with Gasteiger partial charge in [0.2, 0.25) is 0 Å². The number of H-pyrrole nitrogens is 1. The van der Waals surface area contributed by atoms with Crippen LogP contribution in [0.2, 0.25) is 0 Å². The number of hydrogen-bond donors (Lipinski definition) is 2. The van der Waals surface area contributed by atoms with E-state index in [9.17, 15) is 4.79 Å². The number of anilines is 1. The van der Waals surface area contributed by atoms with E-state index in [-0.39, 0.29) is 5.56 Å². The van der Waals surface area contributed by atoms with E-state index in [1.807, 2.05) is 12.1 Å². The van der Waals surface area contributed by atoms with Gasteiger partial charge in [0.1, 0.15) is 0 Å². The van der Waals surface area contributed by atoms with Gasteiger partial charge in [0.15, 0.2) is 5.11 Å². The number of aromatic amines is 1. The van der Waals surface area contributed by atoms with E-state index in [1.165, 1.54) is 11.1 Å². The van der Waals surface area contributed by atoms with Gasteiger partial charge in [-0.3, -0.25) is 4.79 Å². The number of hydrogen-bond acceptors (Lipinski definition) is 3. The Hall–Kier alpha value is -2.70. The lowest BCUT2D eigenvalue weighted by Crippen LogP contribution is -2.37. The third-order valence-corrected chi connectivity index (χ3v) is 6.06. The van der Waals surface area contributed by atoms with Crippen molar-refractivity contribution in [2.45, 2.75) is 40.2 Å². The number of pyridine rings is 1. The van der Waals surface area contributed by atoms with E-state index >= 15 is 0 Å². The maximum Gasteiger partial charge on any atom is 0.253 e. The van der Waals surface area contributed by atoms with Gasteiger partial charge in [0, 0.05) is 23.3 Å². The van der Waals surface area contributed by atoms with Crippen molar-refractivity contribution < 1.29 is 0 Å². The predicted molar refractivity (Wildman–Crippen MR) is 140 cm³/mol. The molecular formula is C26H34N4OS. The number of fused-ring (bicyclic) bond motifs is 1. The smallest absolute Gasteiger partial charge is 0.253 e. The third kappa shape index (κ3) is 6.17. The first-order valence-corrected chi connectivity index (χ1v) is 11.6. The largest absolute Gasteiger partial charge is 0.344 e. The van der Waals surface area contributed by atoms with Gasteiger partial charge < -0.3 is 20.1 Å². The number of aryl methyl sites for hydroxylation is 3. The molecule has 1 aromatic heterocycles. The zero-order chi connectivity index (χ0) is 23.3. The van der Waals surface area contributed by atoms with Crippen LogP contribution in [0, 0.1) is 13.8 Å². The van der Waals surface area contributed by atoms with E-state index in [2.05, 4.69) is 85.3 Å². The molecule has 0 bridgehead atoms. The lowest BCUT2D eigenvalue weighted by Gasteiger charge is -2.27. The van der Waals surface area contributed by atoms with E-state index in [4.69, 9.17) is 12.2 Å². The molecule has 6 heteroatoms. The molecule has 0 unspecified atom stereocenters. The van der Waals surface area contributed by atoms with Gasteiger partial charge >= 0.3 is 0 Å². The molecule has 0 spiro atoms. The third-order valence-electron chi connectivity index (χ3n) is 5.70. The molecule has 0 aliphatic rings. The molecule has 1 heterocycles. The van der Waals surface area contributed by atoms with Crippen molar-refractivity contribution >= 4 is 33.9 Å². The van der Waals surface area contributed by atoms with Crippen LogP contribution in [0.3, 0.4) is 0 Å². The summed E-state index contributed by atoms with van der Waals surface area (Å²) in [6.07, 6.45) is 1.91. The molecule has 32 heavy (non-hydrogen) atoms. The number of benzene rings is 2. The van der Waals surface area contributed by atoms with Gasteiger partial charge in [-0.15, -0.1) is 0 Å². The summed E-state index contributed by atoms with van der Waals surface area (Å²) in [6.45, 7) is 8.48. The molecule has 0 atom stereocenters. The van der Waals surface area contributed by atoms with Crippen LogP contribution < -0.4 is 10.9 Å². The van der Waals surface area contributed by atoms with Crippen LogP contribution in [0.15, 0.2) is 47.3 Å². The Morgan fingerprint density at radius 1 is 1.06 bits per heavy atom. The zero-order valence-corrected chi connectivity index (χ0v) is 20.6. The van der Waals surface area contributed by atoms with Crippen LogP contribution in [0.4, 0.5) is 5.69 Å². The monoisotopic (exact) mass is 450 g/mol. The molecule has 0 amide bonds. The quantitative estimate of drug-likeness (QED) is 0.480. The first-order chi connectivity index (χ1) is 15.3. The van der Waals surface area contributed by atoms with Crippen molar-refractivity contribution in [2.75, 3.05) is 32.5 Å². The van der Waals surface area contributed by atoms with Crippen molar-refractivity contribution in [3.05, 3.63) is 75.1 Å². The van der Waals surface area contributed by atoms with Crippen molar-refractivity contribution in [1.82, 2.24) is 14.8 Å². The summed E-state index contributed by atoms with van der Waals surface area (Å²) in [6, 6.07) is 14.5. The second-order valence-corrected chi connectivity index (χ2v) is 9.11. The summed E-state index contributed by atoms with van der Waals surface area (Å²) >= 11 is 5.80. The minimum Gasteiger partial charge on any atom is -0.344 e. The van der Waals surface area contributed by atoms with E-state index in [1.54, 1.807) is 0 Å². The minimum absolute atomic E-state index is 0.0614. The molecule has 170 valence electrons. The minimum atomic E-state index is -0.0614. The second-order valence-electron chi connectivity index (χ2n) is 8.73. The number of thiocarbonyl (C=S) groups is 1. The average molecular weight is 451 g/mol. The summed E-state index contributed by atoms with van der Waals surface area (Å²) in [5.74, 6) is 0. The highest BCUT2D eigenvalue weighted by Gasteiger charge is 2.15. The SMILES string of the molecule is CCc1ccc2[nH]c(=O)c(CN(CCCN(C)C)C(=S)Nc3ccc(C)cc3C)cc2c1. The van der Waals surface area contributed by atoms with Gasteiger partial charge in [-0.2, -0.15) is 0 Å². The maximum atomic E-state index is 12.8. The molecule has 0 radical (unpaired) electrons. The first kappa shape index (κ1) is 24.0. The van der Waals surface area contributed by atoms with E-state index in [0.29, 0.717) is 11.7 Å². The van der Waals surface area contributed by atoms with Gasteiger partial charge in [0.05, 0.1) is 6.54 Å². The molecule has 0 saturated carbocycles. The molecule has 3 rings (SSSR count). The molecule has 0 fully saturated rings. The molecule has 0 aliphatic carbocycles. The van der Waals surface area contributed by atoms with Crippen molar-refractivity contribution in [3.8, 4) is 0 Å². The van der Waals surface area contributed by atoms with Crippen LogP contribution in [-0.4, -0.2) is 47.1 Å². The Morgan fingerprint density at radius 2 is 1.84 bits per heavy atom. The van der Waals surface area contributed by atoms with Crippen LogP contribution in [-0.2, 0) is 13.0 Å². The highest BCUT2D eigenvalue weighted by molar-refractivity contribution is 7.80. The Labute approximate surface area is 196 Å². The molecule has 0 saturated heterocycles. The van der Waals surface area contributed by atoms with Crippen molar-refractivity contribution in [2.24, 2.45) is 0 Å². The Kier molecular flexibility index (Phi) is 8.04. The molecule has 0 aliphatic heterocycles. The molecular weight excluding hydrogens is 416 g/mol. The highest BCUT2D eigenvalue weighted by Crippen LogP contribution is 2.18. The van der Waals surface area contributed by atoms with Crippen LogP contribution in [0.25, 0.3) is 10.9 Å². The van der Waals surface area contributed by atoms with E-state index in [0.717, 1.165) is 53.6 Å². The van der Waals surface area contributed by atoms with Crippen LogP contribution in [0.5, 0.6) is 0 Å². The summed E-state index contributed by atoms with van der Waals surface area (Å²) in [5, 5.41) is 5.09. The summed E-state index contributed by atoms with van der Waals surface area (Å²) in [7, 11) is 4.13. The standard InChI is InChI=1S/C26H34N4OS/c1-6-20-9-11-24-21(15-20)16-22(25(31)27-24)17-30(13-7-12-29(4)5)26(32)28-23-10-8-18(2)14-19(23)3/h8-11,14-16H,6-7,12-13,17H2,1-5H3,(H,27,31)(H,28,32). The topological polar surface area (TPSA) is 51.4 Å². The molecule has 2 N–H and O–H groups in total. The molecule has 2 aromatic carbocycles. The van der Waals surface area contributed by atoms with Gasteiger partial charge in [-0.25, -0.2) is 0 Å². The maximum absolute atomic E-state index is 12.8. The molecule has 5 nitrogen and oxygen atoms in total. The van der Waals surface area contributed by atoms with Crippen molar-refractivity contribution in [3.63, 3.8) is 0 Å². The second kappa shape index (κ2) is 10.7. The lowest BCUT2D eigenvalue weighted by atomic mass is 10.1. The van der Waals surface area contributed by atoms with Gasteiger partial charge in [-0.1, -0.05) is 30.7 Å². The zero-order valence-electron chi connectivity index (χ0n) is 19.8. The van der Waals surface area contributed by atoms with Gasteiger partial charge in [-0.05, 0) is 100 Å². The number of nitrogens with one attached hydrogen (secondary N) is 2. The van der Waals surface area contributed by atoms with Gasteiger partial charge in [0.25, 0.3) is 5.56 Å². The fraction of sp³-hybridized carbons (Fsp3) is 0.385. The Balaban J connectivity index is 1.86. The van der Waals surface area contributed by atoms with Crippen LogP contribution in [0.1, 0.15) is 35.6 Å². The summed E-state index contributed by atoms with van der Waals surface area (Å²) in [4.78, 5) is 20.1. The molecule has 3 aromatic rings. The predicted octanol–water partition coefficient (Wildman–Crippen LogP) is 4.86. The fourth-order valence-corrected chi connectivity index (χ4v) is 4.09. The first-order valence-electron chi connectivity index (χ1n) is 11.2. The number of rotatable bonds is 8. The highest BCUT2D eigenvalue weighted by atomic mass is 32.1. The van der Waals surface area contributed by atoms with E-state index < -0.39 is 0 Å². The Bertz CT molecular complexity index is 1150. The van der Waals surface area contributed by atoms with Crippen LogP contribution >= 0.6 is 12.2 Å². The average Bonchev–Trinajstić information content (AvgIpc) is 2.74. The number of aromatic nitrogens is 1. The lowest BCUT2D eigenvalue weighted by molar-refractivity contribution is 0.346. The summed E-state index contributed by atoms with van der Waals surface area (Å²) < 4.78 is 0. The number of nitrogens with zero attached hydrogens (tertiary/aromatic N) is 2. The van der Waals surface area contributed by atoms with Crippen molar-refractivity contribution in [1.29, 1.82) is 0 Å².